The van der Waals surface area contributed by atoms with Gasteiger partial charge in [-0.25, -0.2) is 12.8 Å². The topological polar surface area (TPSA) is 57.7 Å². The summed E-state index contributed by atoms with van der Waals surface area (Å²) < 4.78 is 40.5. The van der Waals surface area contributed by atoms with E-state index in [4.69, 9.17) is 0 Å². The van der Waals surface area contributed by atoms with Crippen molar-refractivity contribution in [1.29, 1.82) is 0 Å². The summed E-state index contributed by atoms with van der Waals surface area (Å²) in [6.45, 7) is 2.62. The third-order valence-corrected chi connectivity index (χ3v) is 6.88. The molecule has 3 rings (SSSR count). The van der Waals surface area contributed by atoms with Crippen LogP contribution >= 0.6 is 0 Å². The predicted molar refractivity (Wildman–Crippen MR) is 118 cm³/mol. The normalized spacial score (nSPS) is 11.5. The zero-order valence-corrected chi connectivity index (χ0v) is 18.3. The number of amides is 1. The number of carbonyl (C=O) groups excluding carboxylic acids is 1. The van der Waals surface area contributed by atoms with Gasteiger partial charge in [-0.2, -0.15) is 4.31 Å². The van der Waals surface area contributed by atoms with E-state index in [-0.39, 0.29) is 29.7 Å². The second kappa shape index (κ2) is 9.85. The summed E-state index contributed by atoms with van der Waals surface area (Å²) in [6, 6.07) is 21.3. The smallest absolute Gasteiger partial charge is 0.253 e. The van der Waals surface area contributed by atoms with E-state index in [0.29, 0.717) is 17.7 Å². The molecule has 0 atom stereocenters. The van der Waals surface area contributed by atoms with Crippen LogP contribution in [0.2, 0.25) is 0 Å². The maximum atomic E-state index is 13.4. The van der Waals surface area contributed by atoms with Crippen LogP contribution in [0.5, 0.6) is 0 Å². The molecule has 1 amide bonds. The Labute approximate surface area is 182 Å². The van der Waals surface area contributed by atoms with E-state index in [1.807, 2.05) is 0 Å². The number of carbonyl (C=O) groups is 1. The Morgan fingerprint density at radius 1 is 0.871 bits per heavy atom. The lowest BCUT2D eigenvalue weighted by Crippen LogP contribution is -2.30. The van der Waals surface area contributed by atoms with Crippen LogP contribution in [-0.2, 0) is 23.1 Å². The first kappa shape index (κ1) is 22.7. The average molecular weight is 441 g/mol. The zero-order valence-electron chi connectivity index (χ0n) is 17.5. The number of halogens is 1. The fourth-order valence-corrected chi connectivity index (χ4v) is 4.72. The van der Waals surface area contributed by atoms with Crippen LogP contribution in [0.3, 0.4) is 0 Å². The molecule has 0 saturated heterocycles. The van der Waals surface area contributed by atoms with Crippen molar-refractivity contribution in [2.24, 2.45) is 0 Å². The summed E-state index contributed by atoms with van der Waals surface area (Å²) in [6.07, 6.45) is 0. The van der Waals surface area contributed by atoms with Crippen LogP contribution in [0.4, 0.5) is 4.39 Å². The van der Waals surface area contributed by atoms with Crippen LogP contribution in [0, 0.1) is 5.82 Å². The second-order valence-corrected chi connectivity index (χ2v) is 9.17. The zero-order chi connectivity index (χ0) is 22.4. The molecule has 0 aromatic heterocycles. The highest BCUT2D eigenvalue weighted by Gasteiger charge is 2.23. The van der Waals surface area contributed by atoms with E-state index in [1.165, 1.54) is 21.3 Å². The minimum absolute atomic E-state index is 0.194. The lowest BCUT2D eigenvalue weighted by molar-refractivity contribution is 0.0785. The van der Waals surface area contributed by atoms with Gasteiger partial charge in [-0.3, -0.25) is 4.79 Å². The Morgan fingerprint density at radius 2 is 1.55 bits per heavy atom. The molecule has 31 heavy (non-hydrogen) atoms. The summed E-state index contributed by atoms with van der Waals surface area (Å²) in [4.78, 5) is 14.5. The quantitative estimate of drug-likeness (QED) is 0.525. The first-order valence-corrected chi connectivity index (χ1v) is 11.4. The highest BCUT2D eigenvalue weighted by molar-refractivity contribution is 7.89. The van der Waals surface area contributed by atoms with Crippen LogP contribution in [0.1, 0.15) is 28.4 Å². The molecule has 0 bridgehead atoms. The van der Waals surface area contributed by atoms with Crippen molar-refractivity contribution in [2.45, 2.75) is 24.9 Å². The molecule has 3 aromatic rings. The van der Waals surface area contributed by atoms with Gasteiger partial charge in [0.05, 0.1) is 4.90 Å². The Hall–Kier alpha value is -3.03. The SMILES string of the molecule is CCN(Cc1ccc(C(=O)N(C)Cc2cccc(F)c2)cc1)S(=O)(=O)c1ccccc1. The van der Waals surface area contributed by atoms with E-state index in [2.05, 4.69) is 0 Å². The first-order valence-electron chi connectivity index (χ1n) is 9.95. The molecule has 0 aliphatic rings. The van der Waals surface area contributed by atoms with Crippen LogP contribution in [0.25, 0.3) is 0 Å². The third kappa shape index (κ3) is 5.57. The maximum absolute atomic E-state index is 13.4. The average Bonchev–Trinajstić information content (AvgIpc) is 2.78. The Bertz CT molecular complexity index is 1130. The van der Waals surface area contributed by atoms with E-state index in [0.717, 1.165) is 5.56 Å². The molecule has 7 heteroatoms. The molecule has 162 valence electrons. The van der Waals surface area contributed by atoms with Crippen LogP contribution < -0.4 is 0 Å². The minimum atomic E-state index is -3.60. The molecule has 5 nitrogen and oxygen atoms in total. The monoisotopic (exact) mass is 440 g/mol. The molecule has 0 unspecified atom stereocenters. The molecule has 0 spiro atoms. The van der Waals surface area contributed by atoms with Gasteiger partial charge in [-0.1, -0.05) is 49.4 Å². The highest BCUT2D eigenvalue weighted by atomic mass is 32.2. The fourth-order valence-electron chi connectivity index (χ4n) is 3.27. The summed E-state index contributed by atoms with van der Waals surface area (Å²) >= 11 is 0. The molecule has 0 radical (unpaired) electrons. The van der Waals surface area contributed by atoms with Gasteiger partial charge < -0.3 is 4.90 Å². The van der Waals surface area contributed by atoms with Gasteiger partial charge in [-0.15, -0.1) is 0 Å². The van der Waals surface area contributed by atoms with Crippen molar-refractivity contribution >= 4 is 15.9 Å². The summed E-state index contributed by atoms with van der Waals surface area (Å²) in [7, 11) is -1.94. The molecule has 3 aromatic carbocycles. The number of hydrogen-bond donors (Lipinski definition) is 0. The number of sulfonamides is 1. The Morgan fingerprint density at radius 3 is 2.16 bits per heavy atom. The van der Waals surface area contributed by atoms with Crippen molar-refractivity contribution in [3.05, 3.63) is 101 Å². The van der Waals surface area contributed by atoms with Gasteiger partial charge in [-0.05, 0) is 47.5 Å². The third-order valence-electron chi connectivity index (χ3n) is 4.95. The summed E-state index contributed by atoms with van der Waals surface area (Å²) in [5.74, 6) is -0.534. The second-order valence-electron chi connectivity index (χ2n) is 7.23. The number of nitrogens with zero attached hydrogens (tertiary/aromatic N) is 2. The van der Waals surface area contributed by atoms with E-state index < -0.39 is 10.0 Å². The molecule has 0 aliphatic heterocycles. The van der Waals surface area contributed by atoms with Crippen molar-refractivity contribution in [3.63, 3.8) is 0 Å². The van der Waals surface area contributed by atoms with E-state index >= 15 is 0 Å². The number of rotatable bonds is 8. The van der Waals surface area contributed by atoms with Gasteiger partial charge in [0.25, 0.3) is 5.91 Å². The lowest BCUT2D eigenvalue weighted by atomic mass is 10.1. The standard InChI is InChI=1S/C24H25FN2O3S/c1-3-27(31(29,30)23-10-5-4-6-11-23)18-19-12-14-21(15-13-19)24(28)26(2)17-20-8-7-9-22(25)16-20/h4-16H,3,17-18H2,1-2H3. The summed E-state index contributed by atoms with van der Waals surface area (Å²) in [5, 5.41) is 0. The van der Waals surface area contributed by atoms with Crippen molar-refractivity contribution in [3.8, 4) is 0 Å². The van der Waals surface area contributed by atoms with Crippen LogP contribution in [-0.4, -0.2) is 37.1 Å². The van der Waals surface area contributed by atoms with Crippen LogP contribution in [0.15, 0.2) is 83.8 Å². The molecule has 0 aliphatic carbocycles. The van der Waals surface area contributed by atoms with Gasteiger partial charge >= 0.3 is 0 Å². The van der Waals surface area contributed by atoms with Gasteiger partial charge in [0, 0.05) is 32.2 Å². The molecule has 0 heterocycles. The number of hydrogen-bond acceptors (Lipinski definition) is 3. The molecule has 0 fully saturated rings. The highest BCUT2D eigenvalue weighted by Crippen LogP contribution is 2.19. The van der Waals surface area contributed by atoms with Gasteiger partial charge in [0.2, 0.25) is 10.0 Å². The molecule has 0 saturated carbocycles. The van der Waals surface area contributed by atoms with Crippen molar-refractivity contribution < 1.29 is 17.6 Å². The predicted octanol–water partition coefficient (Wildman–Crippen LogP) is 4.31. The van der Waals surface area contributed by atoms with Crippen molar-refractivity contribution in [2.75, 3.05) is 13.6 Å². The van der Waals surface area contributed by atoms with Gasteiger partial charge in [0.15, 0.2) is 0 Å². The Balaban J connectivity index is 1.69. The molecular weight excluding hydrogens is 415 g/mol. The molecular formula is C24H25FN2O3S. The maximum Gasteiger partial charge on any atom is 0.253 e. The Kier molecular flexibility index (Phi) is 7.20. The number of benzene rings is 3. The molecule has 0 N–H and O–H groups in total. The van der Waals surface area contributed by atoms with E-state index in [1.54, 1.807) is 80.7 Å². The fraction of sp³-hybridized carbons (Fsp3) is 0.208. The summed E-state index contributed by atoms with van der Waals surface area (Å²) in [5.41, 5.74) is 1.97. The minimum Gasteiger partial charge on any atom is -0.337 e. The van der Waals surface area contributed by atoms with E-state index in [9.17, 15) is 17.6 Å². The van der Waals surface area contributed by atoms with Gasteiger partial charge in [0.1, 0.15) is 5.82 Å². The largest absolute Gasteiger partial charge is 0.337 e. The first-order chi connectivity index (χ1) is 14.8. The lowest BCUT2D eigenvalue weighted by Gasteiger charge is -2.21. The van der Waals surface area contributed by atoms with Crippen molar-refractivity contribution in [1.82, 2.24) is 9.21 Å².